The number of likely N-dealkylation sites (N-methyl/N-ethyl adjacent to an activating group) is 1. The van der Waals surface area contributed by atoms with Crippen LogP contribution in [0, 0.1) is 0 Å². The third-order valence-corrected chi connectivity index (χ3v) is 6.25. The van der Waals surface area contributed by atoms with Gasteiger partial charge in [-0.15, -0.1) is 0 Å². The first kappa shape index (κ1) is 25.6. The molecule has 192 valence electrons. The number of aliphatic imine (C=N–C) groups is 3. The molecular formula is C27H32N8O2. The SMILES string of the molecule is C=CC(=O)Nc1cc(N/C(N=C)=N/C(=N\C)c2cccc3cc[nH]c23)c(OC)cc1N1CCN(C)CC1. The van der Waals surface area contributed by atoms with Gasteiger partial charge in [0.05, 0.1) is 29.7 Å². The summed E-state index contributed by atoms with van der Waals surface area (Å²) in [5.41, 5.74) is 3.83. The number of benzene rings is 2. The predicted molar refractivity (Wildman–Crippen MR) is 153 cm³/mol. The molecule has 10 nitrogen and oxygen atoms in total. The molecule has 3 aromatic rings. The summed E-state index contributed by atoms with van der Waals surface area (Å²) < 4.78 is 5.71. The maximum atomic E-state index is 12.3. The van der Waals surface area contributed by atoms with E-state index in [1.165, 1.54) is 6.08 Å². The van der Waals surface area contributed by atoms with Gasteiger partial charge in [-0.2, -0.15) is 4.99 Å². The van der Waals surface area contributed by atoms with Crippen LogP contribution in [0.4, 0.5) is 17.1 Å². The van der Waals surface area contributed by atoms with Gasteiger partial charge in [0.2, 0.25) is 11.9 Å². The number of amides is 1. The molecule has 37 heavy (non-hydrogen) atoms. The smallest absolute Gasteiger partial charge is 0.247 e. The van der Waals surface area contributed by atoms with E-state index >= 15 is 0 Å². The lowest BCUT2D eigenvalue weighted by Gasteiger charge is -2.35. The van der Waals surface area contributed by atoms with Gasteiger partial charge in [-0.3, -0.25) is 9.79 Å². The van der Waals surface area contributed by atoms with Crippen LogP contribution < -0.4 is 20.3 Å². The number of piperazine rings is 1. The Kier molecular flexibility index (Phi) is 7.99. The number of ether oxygens (including phenoxy) is 1. The van der Waals surface area contributed by atoms with E-state index in [1.807, 2.05) is 42.6 Å². The number of aromatic amines is 1. The van der Waals surface area contributed by atoms with E-state index in [2.05, 4.69) is 60.7 Å². The van der Waals surface area contributed by atoms with Gasteiger partial charge < -0.3 is 30.2 Å². The standard InChI is InChI=1S/C27H32N8O2/c1-6-24(36)31-20-16-21(23(37-5)17-22(20)35-14-12-34(4)13-15-35)32-27(29-3)33-26(28-2)19-9-7-8-18-10-11-30-25(18)19/h6-11,16-17,30H,1,3,12-15H2,2,4-5H3,(H,31,36)(H,28,32,33). The van der Waals surface area contributed by atoms with Crippen molar-refractivity contribution >= 4 is 52.4 Å². The molecule has 2 aromatic carbocycles. The largest absolute Gasteiger partial charge is 0.494 e. The number of hydrogen-bond acceptors (Lipinski definition) is 5. The van der Waals surface area contributed by atoms with Crippen LogP contribution in [0.25, 0.3) is 10.9 Å². The second-order valence-corrected chi connectivity index (χ2v) is 8.57. The highest BCUT2D eigenvalue weighted by Crippen LogP contribution is 2.38. The molecule has 1 aromatic heterocycles. The summed E-state index contributed by atoms with van der Waals surface area (Å²) in [6.07, 6.45) is 3.12. The Hall–Kier alpha value is -4.44. The zero-order valence-electron chi connectivity index (χ0n) is 21.4. The van der Waals surface area contributed by atoms with E-state index in [9.17, 15) is 4.79 Å². The number of nitrogens with zero attached hydrogens (tertiary/aromatic N) is 5. The molecule has 1 amide bonds. The lowest BCUT2D eigenvalue weighted by atomic mass is 10.1. The summed E-state index contributed by atoms with van der Waals surface area (Å²) in [5.74, 6) is 0.983. The first-order valence-electron chi connectivity index (χ1n) is 11.9. The highest BCUT2D eigenvalue weighted by atomic mass is 16.5. The Balaban J connectivity index is 1.71. The van der Waals surface area contributed by atoms with Crippen LogP contribution in [-0.2, 0) is 4.79 Å². The summed E-state index contributed by atoms with van der Waals surface area (Å²) in [6, 6.07) is 11.6. The second-order valence-electron chi connectivity index (χ2n) is 8.57. The van der Waals surface area contributed by atoms with E-state index in [-0.39, 0.29) is 11.9 Å². The van der Waals surface area contributed by atoms with E-state index in [1.54, 1.807) is 14.2 Å². The fourth-order valence-corrected chi connectivity index (χ4v) is 4.25. The molecule has 0 aliphatic carbocycles. The van der Waals surface area contributed by atoms with Crippen LogP contribution in [0.2, 0.25) is 0 Å². The molecule has 0 radical (unpaired) electrons. The van der Waals surface area contributed by atoms with Gasteiger partial charge in [0.25, 0.3) is 0 Å². The van der Waals surface area contributed by atoms with Gasteiger partial charge >= 0.3 is 0 Å². The third kappa shape index (κ3) is 5.70. The number of amidine groups is 1. The van der Waals surface area contributed by atoms with Crippen molar-refractivity contribution in [3.8, 4) is 5.75 Å². The molecule has 1 aliphatic rings. The van der Waals surface area contributed by atoms with Gasteiger partial charge in [-0.25, -0.2) is 4.99 Å². The van der Waals surface area contributed by atoms with Crippen LogP contribution in [-0.4, -0.2) is 81.7 Å². The van der Waals surface area contributed by atoms with Crippen molar-refractivity contribution in [2.45, 2.75) is 0 Å². The van der Waals surface area contributed by atoms with Crippen LogP contribution in [0.5, 0.6) is 5.75 Å². The van der Waals surface area contributed by atoms with Gasteiger partial charge in [0.15, 0.2) is 5.84 Å². The average molecular weight is 501 g/mol. The van der Waals surface area contributed by atoms with Crippen LogP contribution in [0.15, 0.2) is 70.2 Å². The van der Waals surface area contributed by atoms with Crippen molar-refractivity contribution in [2.24, 2.45) is 15.0 Å². The summed E-state index contributed by atoms with van der Waals surface area (Å²) >= 11 is 0. The Morgan fingerprint density at radius 3 is 2.59 bits per heavy atom. The zero-order valence-corrected chi connectivity index (χ0v) is 21.4. The minimum Gasteiger partial charge on any atom is -0.494 e. The molecule has 1 fully saturated rings. The number of fused-ring (bicyclic) bond motifs is 1. The van der Waals surface area contributed by atoms with E-state index < -0.39 is 0 Å². The molecule has 4 rings (SSSR count). The quantitative estimate of drug-likeness (QED) is 0.272. The molecular weight excluding hydrogens is 468 g/mol. The normalized spacial score (nSPS) is 14.9. The molecule has 1 saturated heterocycles. The van der Waals surface area contributed by atoms with Crippen molar-refractivity contribution in [3.63, 3.8) is 0 Å². The van der Waals surface area contributed by atoms with E-state index in [0.29, 0.717) is 23.0 Å². The first-order valence-corrected chi connectivity index (χ1v) is 11.9. The number of hydrogen-bond donors (Lipinski definition) is 3. The molecule has 2 heterocycles. The number of aromatic nitrogens is 1. The summed E-state index contributed by atoms with van der Waals surface area (Å²) in [7, 11) is 5.37. The van der Waals surface area contributed by atoms with Gasteiger partial charge in [0.1, 0.15) is 5.75 Å². The fourth-order valence-electron chi connectivity index (χ4n) is 4.25. The molecule has 3 N–H and O–H groups in total. The minimum absolute atomic E-state index is 0.232. The van der Waals surface area contributed by atoms with Crippen LogP contribution >= 0.6 is 0 Å². The molecule has 10 heteroatoms. The minimum atomic E-state index is -0.304. The van der Waals surface area contributed by atoms with Crippen LogP contribution in [0.3, 0.4) is 0 Å². The fraction of sp³-hybridized carbons (Fsp3) is 0.259. The van der Waals surface area contributed by atoms with Crippen molar-refractivity contribution in [1.82, 2.24) is 9.88 Å². The third-order valence-electron chi connectivity index (χ3n) is 6.25. The number of carbonyl (C=O) groups excluding carboxylic acids is 1. The number of H-pyrrole nitrogens is 1. The Bertz CT molecular complexity index is 1370. The van der Waals surface area contributed by atoms with Gasteiger partial charge in [-0.1, -0.05) is 18.7 Å². The molecule has 0 atom stereocenters. The first-order chi connectivity index (χ1) is 18.0. The maximum Gasteiger partial charge on any atom is 0.247 e. The molecule has 0 bridgehead atoms. The maximum absolute atomic E-state index is 12.3. The lowest BCUT2D eigenvalue weighted by Crippen LogP contribution is -2.44. The lowest BCUT2D eigenvalue weighted by molar-refractivity contribution is -0.111. The number of carbonyl (C=O) groups is 1. The van der Waals surface area contributed by atoms with Crippen molar-refractivity contribution < 1.29 is 9.53 Å². The predicted octanol–water partition coefficient (Wildman–Crippen LogP) is 3.60. The van der Waals surface area contributed by atoms with Gasteiger partial charge in [0, 0.05) is 56.4 Å². The Morgan fingerprint density at radius 1 is 1.14 bits per heavy atom. The monoisotopic (exact) mass is 500 g/mol. The topological polar surface area (TPSA) is 110 Å². The highest BCUT2D eigenvalue weighted by Gasteiger charge is 2.21. The number of nitrogens with one attached hydrogen (secondary N) is 3. The molecule has 0 unspecified atom stereocenters. The van der Waals surface area contributed by atoms with Crippen molar-refractivity contribution in [2.75, 3.05) is 62.9 Å². The van der Waals surface area contributed by atoms with E-state index in [0.717, 1.165) is 48.3 Å². The molecule has 0 spiro atoms. The zero-order chi connectivity index (χ0) is 26.4. The highest BCUT2D eigenvalue weighted by molar-refractivity contribution is 6.15. The summed E-state index contributed by atoms with van der Waals surface area (Å²) in [5, 5.41) is 7.17. The van der Waals surface area contributed by atoms with Crippen LogP contribution in [0.1, 0.15) is 5.56 Å². The Morgan fingerprint density at radius 2 is 1.92 bits per heavy atom. The van der Waals surface area contributed by atoms with E-state index in [4.69, 9.17) is 4.74 Å². The number of para-hydroxylation sites is 1. The molecule has 1 aliphatic heterocycles. The number of rotatable bonds is 6. The summed E-state index contributed by atoms with van der Waals surface area (Å²) in [6.45, 7) is 10.8. The summed E-state index contributed by atoms with van der Waals surface area (Å²) in [4.78, 5) is 33.1. The number of anilines is 3. The molecule has 0 saturated carbocycles. The number of guanidine groups is 1. The average Bonchev–Trinajstić information content (AvgIpc) is 3.41. The van der Waals surface area contributed by atoms with Crippen molar-refractivity contribution in [3.05, 3.63) is 60.8 Å². The second kappa shape index (κ2) is 11.5. The van der Waals surface area contributed by atoms with Crippen molar-refractivity contribution in [1.29, 1.82) is 0 Å². The number of methoxy groups -OCH3 is 1. The van der Waals surface area contributed by atoms with Gasteiger partial charge in [-0.05, 0) is 38.0 Å². The Labute approximate surface area is 216 Å².